The Morgan fingerprint density at radius 3 is 2.69 bits per heavy atom. The van der Waals surface area contributed by atoms with Crippen molar-refractivity contribution in [3.05, 3.63) is 29.8 Å². The molecule has 0 saturated heterocycles. The zero-order valence-electron chi connectivity index (χ0n) is 20.2. The standard InChI is InChI=1S/C23H31N7O5/c1-4-5-13-35-22-28-18(24)17-19(29-22)30(23(27-17)34-3)12-7-6-11-25-21(32)26-16-10-8-9-15(14-16)20(31)33-2/h8-10,14H,4-7,11-13H2,1-3H3,(H2,24,28,29)(H2,25,26,32). The van der Waals surface area contributed by atoms with Gasteiger partial charge >= 0.3 is 18.0 Å². The van der Waals surface area contributed by atoms with Gasteiger partial charge in [0.25, 0.3) is 6.01 Å². The first-order chi connectivity index (χ1) is 17.0. The number of amides is 2. The Hall–Kier alpha value is -4.09. The molecule has 3 aromatic rings. The first kappa shape index (κ1) is 25.5. The summed E-state index contributed by atoms with van der Waals surface area (Å²) in [6.07, 6.45) is 3.30. The first-order valence-electron chi connectivity index (χ1n) is 11.4. The van der Waals surface area contributed by atoms with Crippen molar-refractivity contribution in [3.8, 4) is 12.0 Å². The van der Waals surface area contributed by atoms with Crippen LogP contribution < -0.4 is 25.8 Å². The van der Waals surface area contributed by atoms with E-state index in [0.717, 1.165) is 19.3 Å². The normalized spacial score (nSPS) is 10.7. The molecular weight excluding hydrogens is 454 g/mol. The molecule has 3 rings (SSSR count). The number of fused-ring (bicyclic) bond motifs is 1. The second kappa shape index (κ2) is 12.4. The largest absolute Gasteiger partial charge is 0.468 e. The number of hydrogen-bond donors (Lipinski definition) is 3. The van der Waals surface area contributed by atoms with Gasteiger partial charge in [0, 0.05) is 18.8 Å². The molecule has 0 aliphatic rings. The van der Waals surface area contributed by atoms with Gasteiger partial charge in [-0.2, -0.15) is 15.0 Å². The predicted molar refractivity (Wildman–Crippen MR) is 131 cm³/mol. The second-order valence-corrected chi connectivity index (χ2v) is 7.68. The highest BCUT2D eigenvalue weighted by Gasteiger charge is 2.17. The van der Waals surface area contributed by atoms with Crippen molar-refractivity contribution in [1.29, 1.82) is 0 Å². The topological polar surface area (TPSA) is 156 Å². The third-order valence-corrected chi connectivity index (χ3v) is 5.11. The smallest absolute Gasteiger partial charge is 0.337 e. The number of esters is 1. The average molecular weight is 486 g/mol. The molecule has 35 heavy (non-hydrogen) atoms. The Morgan fingerprint density at radius 1 is 1.11 bits per heavy atom. The van der Waals surface area contributed by atoms with E-state index in [1.807, 2.05) is 4.57 Å². The minimum Gasteiger partial charge on any atom is -0.468 e. The van der Waals surface area contributed by atoms with Crippen LogP contribution in [0.3, 0.4) is 0 Å². The second-order valence-electron chi connectivity index (χ2n) is 7.68. The number of aryl methyl sites for hydroxylation is 1. The van der Waals surface area contributed by atoms with Crippen molar-refractivity contribution in [2.24, 2.45) is 0 Å². The number of rotatable bonds is 12. The van der Waals surface area contributed by atoms with Crippen molar-refractivity contribution >= 4 is 34.7 Å². The number of urea groups is 1. The lowest BCUT2D eigenvalue weighted by atomic mass is 10.2. The number of aromatic nitrogens is 4. The van der Waals surface area contributed by atoms with Gasteiger partial charge in [-0.3, -0.25) is 4.57 Å². The van der Waals surface area contributed by atoms with Gasteiger partial charge in [-0.15, -0.1) is 0 Å². The van der Waals surface area contributed by atoms with E-state index >= 15 is 0 Å². The Bertz CT molecular complexity index is 1160. The van der Waals surface area contributed by atoms with Gasteiger partial charge in [-0.1, -0.05) is 19.4 Å². The molecule has 188 valence electrons. The number of imidazole rings is 1. The predicted octanol–water partition coefficient (Wildman–Crippen LogP) is 2.98. The molecule has 0 saturated carbocycles. The molecule has 12 heteroatoms. The molecule has 0 atom stereocenters. The molecule has 0 bridgehead atoms. The van der Waals surface area contributed by atoms with Gasteiger partial charge in [0.1, 0.15) is 0 Å². The van der Waals surface area contributed by atoms with E-state index in [4.69, 9.17) is 19.9 Å². The molecule has 0 spiro atoms. The van der Waals surface area contributed by atoms with E-state index in [2.05, 4.69) is 32.5 Å². The number of hydrogen-bond acceptors (Lipinski definition) is 9. The number of carbonyl (C=O) groups is 2. The molecule has 0 radical (unpaired) electrons. The maximum Gasteiger partial charge on any atom is 0.337 e. The molecule has 4 N–H and O–H groups in total. The molecule has 12 nitrogen and oxygen atoms in total. The summed E-state index contributed by atoms with van der Waals surface area (Å²) in [5, 5.41) is 5.50. The number of nitrogens with two attached hydrogens (primary N) is 1. The number of carbonyl (C=O) groups excluding carboxylic acids is 2. The van der Waals surface area contributed by atoms with Crippen molar-refractivity contribution < 1.29 is 23.8 Å². The summed E-state index contributed by atoms with van der Waals surface area (Å²) in [4.78, 5) is 36.9. The summed E-state index contributed by atoms with van der Waals surface area (Å²) in [5.74, 6) is -0.240. The van der Waals surface area contributed by atoms with Crippen molar-refractivity contribution in [1.82, 2.24) is 24.8 Å². The van der Waals surface area contributed by atoms with E-state index in [1.54, 1.807) is 24.3 Å². The third-order valence-electron chi connectivity index (χ3n) is 5.11. The number of nitrogens with one attached hydrogen (secondary N) is 2. The highest BCUT2D eigenvalue weighted by Crippen LogP contribution is 2.25. The number of ether oxygens (including phenoxy) is 3. The lowest BCUT2D eigenvalue weighted by Crippen LogP contribution is -2.29. The van der Waals surface area contributed by atoms with E-state index in [-0.39, 0.29) is 17.9 Å². The molecule has 2 heterocycles. The van der Waals surface area contributed by atoms with Crippen molar-refractivity contribution in [3.63, 3.8) is 0 Å². The van der Waals surface area contributed by atoms with Crippen LogP contribution in [0.5, 0.6) is 12.0 Å². The summed E-state index contributed by atoms with van der Waals surface area (Å²) in [5.41, 5.74) is 7.91. The molecule has 0 aliphatic heterocycles. The zero-order chi connectivity index (χ0) is 25.2. The summed E-state index contributed by atoms with van der Waals surface area (Å²) >= 11 is 0. The van der Waals surface area contributed by atoms with Crippen LogP contribution in [0.15, 0.2) is 24.3 Å². The van der Waals surface area contributed by atoms with Gasteiger partial charge < -0.3 is 30.6 Å². The Labute approximate surface area is 203 Å². The summed E-state index contributed by atoms with van der Waals surface area (Å²) < 4.78 is 17.5. The van der Waals surface area contributed by atoms with Crippen LogP contribution in [0.4, 0.5) is 16.3 Å². The zero-order valence-corrected chi connectivity index (χ0v) is 20.2. The van der Waals surface area contributed by atoms with Gasteiger partial charge in [-0.05, 0) is 37.5 Å². The highest BCUT2D eigenvalue weighted by molar-refractivity contribution is 5.93. The SMILES string of the molecule is CCCCOc1nc(N)c2nc(OC)n(CCCCNC(=O)Nc3cccc(C(=O)OC)c3)c2n1. The molecule has 2 amide bonds. The highest BCUT2D eigenvalue weighted by atomic mass is 16.5. The van der Waals surface area contributed by atoms with Crippen LogP contribution >= 0.6 is 0 Å². The summed E-state index contributed by atoms with van der Waals surface area (Å²) in [7, 11) is 2.83. The molecule has 2 aromatic heterocycles. The monoisotopic (exact) mass is 485 g/mol. The van der Waals surface area contributed by atoms with Gasteiger partial charge in [-0.25, -0.2) is 9.59 Å². The van der Waals surface area contributed by atoms with Crippen LogP contribution in [0.1, 0.15) is 43.0 Å². The number of nitrogen functional groups attached to an aromatic ring is 1. The summed E-state index contributed by atoms with van der Waals surface area (Å²) in [6, 6.07) is 6.74. The van der Waals surface area contributed by atoms with Crippen molar-refractivity contribution in [2.75, 3.05) is 38.4 Å². The third kappa shape index (κ3) is 6.71. The van der Waals surface area contributed by atoms with E-state index in [9.17, 15) is 9.59 Å². The lowest BCUT2D eigenvalue weighted by molar-refractivity contribution is 0.0600. The van der Waals surface area contributed by atoms with Gasteiger partial charge in [0.05, 0.1) is 26.4 Å². The first-order valence-corrected chi connectivity index (χ1v) is 11.4. The molecule has 0 fully saturated rings. The molecule has 0 aliphatic carbocycles. The fourth-order valence-electron chi connectivity index (χ4n) is 3.32. The van der Waals surface area contributed by atoms with E-state index < -0.39 is 5.97 Å². The van der Waals surface area contributed by atoms with Crippen molar-refractivity contribution in [2.45, 2.75) is 39.2 Å². The fraction of sp³-hybridized carbons (Fsp3) is 0.435. The quantitative estimate of drug-likeness (QED) is 0.259. The minimum absolute atomic E-state index is 0.210. The van der Waals surface area contributed by atoms with Crippen LogP contribution in [0, 0.1) is 0 Å². The summed E-state index contributed by atoms with van der Waals surface area (Å²) in [6.45, 7) is 3.57. The van der Waals surface area contributed by atoms with Crippen LogP contribution in [0.25, 0.3) is 11.2 Å². The molecular formula is C23H31N7O5. The van der Waals surface area contributed by atoms with Crippen LogP contribution in [-0.2, 0) is 11.3 Å². The van der Waals surface area contributed by atoms with Gasteiger partial charge in [0.2, 0.25) is 0 Å². The van der Waals surface area contributed by atoms with Crippen LogP contribution in [-0.4, -0.2) is 58.9 Å². The maximum absolute atomic E-state index is 12.2. The lowest BCUT2D eigenvalue weighted by Gasteiger charge is -2.10. The Morgan fingerprint density at radius 2 is 1.94 bits per heavy atom. The van der Waals surface area contributed by atoms with E-state index in [0.29, 0.717) is 54.5 Å². The van der Waals surface area contributed by atoms with Crippen LogP contribution in [0.2, 0.25) is 0 Å². The number of methoxy groups -OCH3 is 2. The molecule has 0 unspecified atom stereocenters. The molecule has 1 aromatic carbocycles. The van der Waals surface area contributed by atoms with E-state index in [1.165, 1.54) is 14.2 Å². The number of benzene rings is 1. The number of nitrogens with zero attached hydrogens (tertiary/aromatic N) is 4. The maximum atomic E-state index is 12.2. The number of unbranched alkanes of at least 4 members (excludes halogenated alkanes) is 2. The Balaban J connectivity index is 1.54. The van der Waals surface area contributed by atoms with Gasteiger partial charge in [0.15, 0.2) is 17.0 Å². The number of anilines is 2. The minimum atomic E-state index is -0.469. The fourth-order valence-corrected chi connectivity index (χ4v) is 3.32. The average Bonchev–Trinajstić information content (AvgIpc) is 3.21. The Kier molecular flexibility index (Phi) is 9.04.